The van der Waals surface area contributed by atoms with E-state index in [2.05, 4.69) is 10.6 Å². The molecular formula is C17H24N2O4. The van der Waals surface area contributed by atoms with E-state index in [1.807, 2.05) is 18.2 Å². The van der Waals surface area contributed by atoms with Crippen LogP contribution in [0.2, 0.25) is 0 Å². The fourth-order valence-electron chi connectivity index (χ4n) is 3.06. The zero-order chi connectivity index (χ0) is 16.1. The minimum Gasteiger partial charge on any atom is -0.389 e. The predicted molar refractivity (Wildman–Crippen MR) is 85.3 cm³/mol. The van der Waals surface area contributed by atoms with E-state index in [-0.39, 0.29) is 18.1 Å². The number of ether oxygens (including phenoxy) is 2. The number of rotatable bonds is 5. The van der Waals surface area contributed by atoms with Crippen LogP contribution in [0.5, 0.6) is 0 Å². The van der Waals surface area contributed by atoms with Crippen molar-refractivity contribution in [1.29, 1.82) is 0 Å². The van der Waals surface area contributed by atoms with Crippen molar-refractivity contribution >= 4 is 5.91 Å². The van der Waals surface area contributed by atoms with Gasteiger partial charge < -0.3 is 25.2 Å². The highest BCUT2D eigenvalue weighted by Crippen LogP contribution is 2.17. The van der Waals surface area contributed by atoms with Crippen molar-refractivity contribution in [3.63, 3.8) is 0 Å². The topological polar surface area (TPSA) is 79.8 Å². The Bertz CT molecular complexity index is 505. The molecule has 6 heteroatoms. The molecule has 3 unspecified atom stereocenters. The minimum atomic E-state index is -0.617. The van der Waals surface area contributed by atoms with Crippen LogP contribution in [0.3, 0.4) is 0 Å². The lowest BCUT2D eigenvalue weighted by Crippen LogP contribution is -2.49. The standard InChI is InChI=1S/C17H24N2O4/c20-16-14(19-13-6-8-22-9-7-13)11-23-15(16)10-18-17(21)12-4-2-1-3-5-12/h1-5,13-16,19-20H,6-11H2,(H,18,21). The first kappa shape index (κ1) is 16.4. The Labute approximate surface area is 136 Å². The van der Waals surface area contributed by atoms with Crippen molar-refractivity contribution in [2.45, 2.75) is 37.1 Å². The van der Waals surface area contributed by atoms with Crippen molar-refractivity contribution in [2.75, 3.05) is 26.4 Å². The number of benzene rings is 1. The Hall–Kier alpha value is -1.47. The first-order chi connectivity index (χ1) is 11.2. The maximum absolute atomic E-state index is 12.0. The molecule has 2 heterocycles. The number of amides is 1. The number of carbonyl (C=O) groups excluding carboxylic acids is 1. The van der Waals surface area contributed by atoms with Crippen molar-refractivity contribution < 1.29 is 19.4 Å². The van der Waals surface area contributed by atoms with Gasteiger partial charge in [0.05, 0.1) is 18.8 Å². The average Bonchev–Trinajstić information content (AvgIpc) is 2.94. The molecule has 6 nitrogen and oxygen atoms in total. The number of hydrogen-bond acceptors (Lipinski definition) is 5. The van der Waals surface area contributed by atoms with E-state index in [1.54, 1.807) is 12.1 Å². The number of aliphatic hydroxyl groups is 1. The van der Waals surface area contributed by atoms with Gasteiger partial charge in [-0.3, -0.25) is 4.79 Å². The third kappa shape index (κ3) is 4.29. The molecule has 2 fully saturated rings. The molecule has 0 radical (unpaired) electrons. The molecule has 0 aromatic heterocycles. The molecule has 0 saturated carbocycles. The second-order valence-electron chi connectivity index (χ2n) is 6.10. The number of nitrogens with one attached hydrogen (secondary N) is 2. The zero-order valence-electron chi connectivity index (χ0n) is 13.1. The smallest absolute Gasteiger partial charge is 0.251 e. The van der Waals surface area contributed by atoms with Crippen LogP contribution in [0, 0.1) is 0 Å². The molecule has 3 N–H and O–H groups in total. The number of hydrogen-bond donors (Lipinski definition) is 3. The quantitative estimate of drug-likeness (QED) is 0.728. The third-order valence-electron chi connectivity index (χ3n) is 4.45. The monoisotopic (exact) mass is 320 g/mol. The van der Waals surface area contributed by atoms with Gasteiger partial charge in [-0.15, -0.1) is 0 Å². The van der Waals surface area contributed by atoms with Crippen molar-refractivity contribution in [3.8, 4) is 0 Å². The second-order valence-corrected chi connectivity index (χ2v) is 6.10. The van der Waals surface area contributed by atoms with Gasteiger partial charge >= 0.3 is 0 Å². The van der Waals surface area contributed by atoms with Crippen LogP contribution >= 0.6 is 0 Å². The summed E-state index contributed by atoms with van der Waals surface area (Å²) in [5.74, 6) is -0.151. The Morgan fingerprint density at radius 2 is 1.96 bits per heavy atom. The molecule has 3 rings (SSSR count). The summed E-state index contributed by atoms with van der Waals surface area (Å²) in [6.07, 6.45) is 0.922. The molecule has 126 valence electrons. The lowest BCUT2D eigenvalue weighted by Gasteiger charge is -2.27. The van der Waals surface area contributed by atoms with Crippen LogP contribution in [0.4, 0.5) is 0 Å². The Balaban J connectivity index is 1.45. The Morgan fingerprint density at radius 3 is 2.70 bits per heavy atom. The van der Waals surface area contributed by atoms with Crippen LogP contribution < -0.4 is 10.6 Å². The maximum atomic E-state index is 12.0. The highest BCUT2D eigenvalue weighted by atomic mass is 16.5. The van der Waals surface area contributed by atoms with Crippen LogP contribution in [0.1, 0.15) is 23.2 Å². The van der Waals surface area contributed by atoms with Gasteiger partial charge in [0.15, 0.2) is 0 Å². The van der Waals surface area contributed by atoms with E-state index in [1.165, 1.54) is 0 Å². The summed E-state index contributed by atoms with van der Waals surface area (Å²) in [4.78, 5) is 12.0. The van der Waals surface area contributed by atoms with E-state index >= 15 is 0 Å². The zero-order valence-corrected chi connectivity index (χ0v) is 13.1. The molecule has 23 heavy (non-hydrogen) atoms. The summed E-state index contributed by atoms with van der Waals surface area (Å²) in [6, 6.07) is 9.31. The average molecular weight is 320 g/mol. The van der Waals surface area contributed by atoms with Crippen LogP contribution in [-0.4, -0.2) is 61.7 Å². The first-order valence-electron chi connectivity index (χ1n) is 8.21. The number of carbonyl (C=O) groups is 1. The summed E-state index contributed by atoms with van der Waals surface area (Å²) in [5, 5.41) is 16.7. The summed E-state index contributed by atoms with van der Waals surface area (Å²) in [5.41, 5.74) is 0.608. The van der Waals surface area contributed by atoms with Crippen molar-refractivity contribution in [1.82, 2.24) is 10.6 Å². The highest BCUT2D eigenvalue weighted by molar-refractivity contribution is 5.94. The molecule has 1 amide bonds. The summed E-state index contributed by atoms with van der Waals surface area (Å²) >= 11 is 0. The van der Waals surface area contributed by atoms with Gasteiger partial charge in [-0.2, -0.15) is 0 Å². The molecule has 1 aromatic carbocycles. The Kier molecular flexibility index (Phi) is 5.61. The molecule has 2 aliphatic heterocycles. The SMILES string of the molecule is O=C(NCC1OCC(NC2CCOCC2)C1O)c1ccccc1. The molecule has 0 bridgehead atoms. The largest absolute Gasteiger partial charge is 0.389 e. The van der Waals surface area contributed by atoms with Crippen molar-refractivity contribution in [3.05, 3.63) is 35.9 Å². The molecule has 2 aliphatic rings. The molecule has 3 atom stereocenters. The summed E-state index contributed by atoms with van der Waals surface area (Å²) < 4.78 is 11.0. The van der Waals surface area contributed by atoms with Gasteiger partial charge in [-0.1, -0.05) is 18.2 Å². The van der Waals surface area contributed by atoms with Crippen LogP contribution in [0.25, 0.3) is 0 Å². The third-order valence-corrected chi connectivity index (χ3v) is 4.45. The Morgan fingerprint density at radius 1 is 1.22 bits per heavy atom. The first-order valence-corrected chi connectivity index (χ1v) is 8.21. The van der Waals surface area contributed by atoms with Gasteiger partial charge in [0.25, 0.3) is 5.91 Å². The maximum Gasteiger partial charge on any atom is 0.251 e. The van der Waals surface area contributed by atoms with Gasteiger partial charge in [-0.05, 0) is 25.0 Å². The van der Waals surface area contributed by atoms with E-state index < -0.39 is 6.10 Å². The van der Waals surface area contributed by atoms with Crippen molar-refractivity contribution in [2.24, 2.45) is 0 Å². The summed E-state index contributed by atoms with van der Waals surface area (Å²) in [6.45, 7) is 2.29. The second kappa shape index (κ2) is 7.88. The van der Waals surface area contributed by atoms with E-state index in [0.29, 0.717) is 24.8 Å². The molecule has 2 saturated heterocycles. The van der Waals surface area contributed by atoms with Crippen LogP contribution in [-0.2, 0) is 9.47 Å². The fourth-order valence-corrected chi connectivity index (χ4v) is 3.06. The van der Waals surface area contributed by atoms with Gasteiger partial charge in [0.2, 0.25) is 0 Å². The highest BCUT2D eigenvalue weighted by Gasteiger charge is 2.37. The molecule has 0 aliphatic carbocycles. The molecular weight excluding hydrogens is 296 g/mol. The van der Waals surface area contributed by atoms with E-state index in [0.717, 1.165) is 26.1 Å². The normalized spacial score (nSPS) is 28.7. The van der Waals surface area contributed by atoms with Crippen LogP contribution in [0.15, 0.2) is 30.3 Å². The predicted octanol–water partition coefficient (Wildman–Crippen LogP) is 0.313. The lowest BCUT2D eigenvalue weighted by atomic mass is 10.0. The van der Waals surface area contributed by atoms with Gasteiger partial charge in [0, 0.05) is 31.4 Å². The minimum absolute atomic E-state index is 0.0864. The van der Waals surface area contributed by atoms with E-state index in [9.17, 15) is 9.90 Å². The molecule has 1 aromatic rings. The van der Waals surface area contributed by atoms with E-state index in [4.69, 9.17) is 9.47 Å². The summed E-state index contributed by atoms with van der Waals surface area (Å²) in [7, 11) is 0. The van der Waals surface area contributed by atoms with Gasteiger partial charge in [0.1, 0.15) is 6.10 Å². The number of aliphatic hydroxyl groups excluding tert-OH is 1. The molecule has 0 spiro atoms. The fraction of sp³-hybridized carbons (Fsp3) is 0.588. The van der Waals surface area contributed by atoms with Gasteiger partial charge in [-0.25, -0.2) is 0 Å². The lowest BCUT2D eigenvalue weighted by molar-refractivity contribution is 0.0376.